The van der Waals surface area contributed by atoms with Gasteiger partial charge in [0.1, 0.15) is 24.2 Å². The van der Waals surface area contributed by atoms with Crippen LogP contribution >= 0.6 is 23.5 Å². The maximum absolute atomic E-state index is 14.8. The summed E-state index contributed by atoms with van der Waals surface area (Å²) >= 11 is 3.27. The van der Waals surface area contributed by atoms with Crippen molar-refractivity contribution in [3.8, 4) is 0 Å². The maximum atomic E-state index is 14.8. The lowest BCUT2D eigenvalue weighted by atomic mass is 9.78. The van der Waals surface area contributed by atoms with Crippen LogP contribution in [0, 0.1) is 22.7 Å². The predicted octanol–water partition coefficient (Wildman–Crippen LogP) is 4.12. The molecule has 0 spiro atoms. The van der Waals surface area contributed by atoms with Crippen molar-refractivity contribution in [2.75, 3.05) is 25.6 Å². The summed E-state index contributed by atoms with van der Waals surface area (Å²) < 4.78 is 0. The van der Waals surface area contributed by atoms with Crippen molar-refractivity contribution < 1.29 is 38.4 Å². The number of likely N-dealkylation sites (N-methyl/N-ethyl adjacent to an activating group) is 2. The van der Waals surface area contributed by atoms with Gasteiger partial charge in [-0.25, -0.2) is 0 Å². The third-order valence-electron chi connectivity index (χ3n) is 17.6. The minimum atomic E-state index is -0.826. The monoisotopic (exact) mass is 1130 g/mol. The lowest BCUT2D eigenvalue weighted by Gasteiger charge is -2.38. The van der Waals surface area contributed by atoms with Crippen LogP contribution < -0.4 is 42.5 Å². The van der Waals surface area contributed by atoms with Crippen molar-refractivity contribution in [2.24, 2.45) is 22.7 Å². The van der Waals surface area contributed by atoms with Crippen LogP contribution in [0.1, 0.15) is 126 Å². The van der Waals surface area contributed by atoms with Gasteiger partial charge in [0.15, 0.2) is 0 Å². The number of carbonyl (C=O) groups excluding carboxylic acids is 8. The first-order valence-electron chi connectivity index (χ1n) is 28.4. The Kier molecular flexibility index (Phi) is 18.1. The highest BCUT2D eigenvalue weighted by Gasteiger charge is 2.57. The molecule has 4 saturated heterocycles. The van der Waals surface area contributed by atoms with E-state index >= 15 is 0 Å². The highest BCUT2D eigenvalue weighted by atomic mass is 32.2. The van der Waals surface area contributed by atoms with Crippen molar-refractivity contribution >= 4 is 70.8 Å². The van der Waals surface area contributed by atoms with E-state index in [9.17, 15) is 38.4 Å². The third kappa shape index (κ3) is 12.3. The van der Waals surface area contributed by atoms with Crippen LogP contribution in [0.25, 0.3) is 0 Å². The highest BCUT2D eigenvalue weighted by Crippen LogP contribution is 2.49. The number of benzene rings is 3. The number of rotatable bonds is 16. The summed E-state index contributed by atoms with van der Waals surface area (Å²) in [5.41, 5.74) is 4.37. The van der Waals surface area contributed by atoms with E-state index in [0.29, 0.717) is 62.9 Å². The van der Waals surface area contributed by atoms with E-state index < -0.39 is 71.0 Å². The van der Waals surface area contributed by atoms with Crippen molar-refractivity contribution in [2.45, 2.75) is 165 Å². The molecule has 0 bridgehead atoms. The quantitative estimate of drug-likeness (QED) is 0.101. The number of carbonyl (C=O) groups is 8. The van der Waals surface area contributed by atoms with E-state index in [2.05, 4.69) is 42.5 Å². The molecular weight excluding hydrogens is 1050 g/mol. The summed E-state index contributed by atoms with van der Waals surface area (Å²) in [6.07, 6.45) is 4.45. The van der Waals surface area contributed by atoms with E-state index in [4.69, 9.17) is 0 Å². The van der Waals surface area contributed by atoms with Gasteiger partial charge in [-0.1, -0.05) is 100 Å². The molecule has 18 nitrogen and oxygen atoms in total. The van der Waals surface area contributed by atoms with E-state index in [1.165, 1.54) is 0 Å². The summed E-state index contributed by atoms with van der Waals surface area (Å²) in [6.45, 7) is 11.9. The van der Waals surface area contributed by atoms with Crippen LogP contribution in [-0.4, -0.2) is 130 Å². The zero-order valence-electron chi connectivity index (χ0n) is 47.3. The van der Waals surface area contributed by atoms with Gasteiger partial charge in [0.05, 0.1) is 46.8 Å². The first-order chi connectivity index (χ1) is 38.2. The number of nitrogens with zero attached hydrogens (tertiary/aromatic N) is 2. The molecule has 2 aliphatic carbocycles. The lowest BCUT2D eigenvalue weighted by Crippen LogP contribution is -2.58. The molecule has 80 heavy (non-hydrogen) atoms. The van der Waals surface area contributed by atoms with E-state index in [1.807, 2.05) is 100 Å². The molecule has 8 amide bonds. The molecule has 430 valence electrons. The first-order valence-corrected chi connectivity index (χ1v) is 30.5. The fourth-order valence-corrected chi connectivity index (χ4v) is 16.0. The zero-order chi connectivity index (χ0) is 57.2. The standard InChI is InChI=1S/C60H80N10O8S2/c1-33(61-7)51(71)65-43-25-27-79-45-29-59(3,4)49(69(45)57(43)77)55(75)67-47-39-15-11-9-13-37(39)21-23-41(47)53(73)63-31-35-17-19-36(20-18-35)32-64-54(74)42-24-22-38-14-10-12-16-40(38)48(42)68-56(76)50-60(5,6)30-46-70(50)58(78)44(26-28-80-46)66-52(72)34(2)62-8/h9-20,33-34,41-50,61-62H,21-32H2,1-8H3,(H,63,73)(H,64,74)(H,65,71)(H,66,72)(H,67,75)(H,68,76)/t33-,34-,41+,42+,43-,44-,45-,46-,47-,48+,49+,50+/m0/s1. The summed E-state index contributed by atoms with van der Waals surface area (Å²) in [4.78, 5) is 116. The molecule has 6 aliphatic rings. The van der Waals surface area contributed by atoms with Gasteiger partial charge in [-0.05, 0) is 135 Å². The molecule has 0 aromatic heterocycles. The van der Waals surface area contributed by atoms with E-state index in [-0.39, 0.29) is 71.1 Å². The van der Waals surface area contributed by atoms with Crippen LogP contribution in [-0.2, 0) is 64.3 Å². The number of amides is 8. The number of thioether (sulfide) groups is 2. The van der Waals surface area contributed by atoms with Crippen LogP contribution in [0.5, 0.6) is 0 Å². The molecule has 9 rings (SSSR count). The van der Waals surface area contributed by atoms with Crippen molar-refractivity contribution in [3.63, 3.8) is 0 Å². The molecule has 8 N–H and O–H groups in total. The van der Waals surface area contributed by atoms with Gasteiger partial charge in [-0.15, -0.1) is 23.5 Å². The fourth-order valence-electron chi connectivity index (χ4n) is 12.9. The van der Waals surface area contributed by atoms with Crippen LogP contribution in [0.2, 0.25) is 0 Å². The lowest BCUT2D eigenvalue weighted by molar-refractivity contribution is -0.144. The van der Waals surface area contributed by atoms with Gasteiger partial charge in [0.2, 0.25) is 47.3 Å². The highest BCUT2D eigenvalue weighted by molar-refractivity contribution is 8.00. The van der Waals surface area contributed by atoms with Crippen molar-refractivity contribution in [1.82, 2.24) is 52.3 Å². The minimum absolute atomic E-state index is 0.205. The Labute approximate surface area is 478 Å². The predicted molar refractivity (Wildman–Crippen MR) is 309 cm³/mol. The molecule has 4 fully saturated rings. The molecule has 0 unspecified atom stereocenters. The van der Waals surface area contributed by atoms with E-state index in [1.54, 1.807) is 61.3 Å². The second-order valence-corrected chi connectivity index (χ2v) is 26.5. The zero-order valence-corrected chi connectivity index (χ0v) is 49.0. The maximum Gasteiger partial charge on any atom is 0.246 e. The van der Waals surface area contributed by atoms with E-state index in [0.717, 1.165) is 33.4 Å². The Morgan fingerprint density at radius 1 is 0.537 bits per heavy atom. The van der Waals surface area contributed by atoms with Gasteiger partial charge in [0, 0.05) is 13.1 Å². The topological polar surface area (TPSA) is 239 Å². The van der Waals surface area contributed by atoms with Gasteiger partial charge in [0.25, 0.3) is 0 Å². The van der Waals surface area contributed by atoms with Gasteiger partial charge in [-0.3, -0.25) is 38.4 Å². The second-order valence-electron chi connectivity index (χ2n) is 24.0. The van der Waals surface area contributed by atoms with Crippen molar-refractivity contribution in [1.29, 1.82) is 0 Å². The number of hydrogen-bond donors (Lipinski definition) is 8. The number of nitrogens with one attached hydrogen (secondary N) is 8. The van der Waals surface area contributed by atoms with Gasteiger partial charge >= 0.3 is 0 Å². The average Bonchev–Trinajstić information content (AvgIpc) is 3.85. The molecule has 0 radical (unpaired) electrons. The summed E-state index contributed by atoms with van der Waals surface area (Å²) in [5.74, 6) is -2.04. The smallest absolute Gasteiger partial charge is 0.246 e. The number of fused-ring (bicyclic) bond motifs is 4. The summed E-state index contributed by atoms with van der Waals surface area (Å²) in [5, 5.41) is 24.1. The average molecular weight is 1130 g/mol. The Morgan fingerprint density at radius 2 is 0.912 bits per heavy atom. The molecule has 12 atom stereocenters. The Hall–Kier alpha value is -5.96. The fraction of sp³-hybridized carbons (Fsp3) is 0.567. The van der Waals surface area contributed by atoms with Crippen molar-refractivity contribution in [3.05, 3.63) is 106 Å². The molecule has 3 aromatic rings. The molecule has 4 aliphatic heterocycles. The third-order valence-corrected chi connectivity index (χ3v) is 20.1. The Balaban J connectivity index is 0.838. The molecular formula is C60H80N10O8S2. The van der Waals surface area contributed by atoms with Crippen LogP contribution in [0.15, 0.2) is 72.8 Å². The normalized spacial score (nSPS) is 28.2. The largest absolute Gasteiger partial charge is 0.352 e. The van der Waals surface area contributed by atoms with Gasteiger partial charge < -0.3 is 52.3 Å². The Bertz CT molecular complexity index is 2660. The summed E-state index contributed by atoms with van der Waals surface area (Å²) in [6, 6.07) is 17.9. The molecule has 4 heterocycles. The Morgan fingerprint density at radius 3 is 1.29 bits per heavy atom. The molecule has 0 saturated carbocycles. The molecule has 3 aromatic carbocycles. The second kappa shape index (κ2) is 24.6. The molecule has 20 heteroatoms. The van der Waals surface area contributed by atoms with Crippen LogP contribution in [0.3, 0.4) is 0 Å². The van der Waals surface area contributed by atoms with Crippen LogP contribution in [0.4, 0.5) is 0 Å². The SMILES string of the molecule is CN[C@@H](C)C(=O)N[C@H]1CCS[C@H]2CC(C)(C)[C@@H](C(=O)N[C@@H]3c4ccccc4CC[C@H]3C(=O)NCc3ccc(CNC(=O)[C@@H]4CCc5ccccc5[C@@H]4NC(=O)[C@H]4N5C(=O)[C@@H](NC(=O)[C@H](C)NC)CCS[C@H]5CC4(C)C)cc3)N2C1=O. The minimum Gasteiger partial charge on any atom is -0.352 e. The first kappa shape index (κ1) is 58.7. The van der Waals surface area contributed by atoms with Gasteiger partial charge in [-0.2, -0.15) is 0 Å². The summed E-state index contributed by atoms with van der Waals surface area (Å²) in [7, 11) is 3.38. The number of hydrogen-bond acceptors (Lipinski definition) is 12. The number of aryl methyl sites for hydroxylation is 2.